The molecule has 19 heavy (non-hydrogen) atoms. The molecule has 1 amide bonds. The van der Waals surface area contributed by atoms with E-state index in [0.29, 0.717) is 6.42 Å². The van der Waals surface area contributed by atoms with Gasteiger partial charge in [-0.05, 0) is 46.5 Å². The molecule has 0 atom stereocenters. The van der Waals surface area contributed by atoms with E-state index < -0.39 is 28.6 Å². The van der Waals surface area contributed by atoms with Crippen LogP contribution in [0.15, 0.2) is 0 Å². The van der Waals surface area contributed by atoms with E-state index in [9.17, 15) is 9.59 Å². The van der Waals surface area contributed by atoms with Crippen LogP contribution in [0.25, 0.3) is 0 Å². The van der Waals surface area contributed by atoms with Crippen LogP contribution >= 0.6 is 0 Å². The average molecular weight is 273 g/mol. The summed E-state index contributed by atoms with van der Waals surface area (Å²) in [5.41, 5.74) is -1.47. The molecule has 0 spiro atoms. The van der Waals surface area contributed by atoms with Gasteiger partial charge in [-0.2, -0.15) is 0 Å². The van der Waals surface area contributed by atoms with Crippen molar-refractivity contribution >= 4 is 12.1 Å². The fraction of sp³-hybridized carbons (Fsp3) is 0.857. The van der Waals surface area contributed by atoms with Crippen LogP contribution in [0, 0.1) is 5.41 Å². The third-order valence-corrected chi connectivity index (χ3v) is 2.39. The number of ether oxygens (including phenoxy) is 1. The molecular formula is C14H27NO4. The quantitative estimate of drug-likeness (QED) is 0.806. The van der Waals surface area contributed by atoms with Crippen LogP contribution in [0.3, 0.4) is 0 Å². The van der Waals surface area contributed by atoms with Crippen molar-refractivity contribution in [3.8, 4) is 0 Å². The van der Waals surface area contributed by atoms with E-state index in [-0.39, 0.29) is 6.42 Å². The smallest absolute Gasteiger partial charge is 0.408 e. The molecule has 0 aliphatic heterocycles. The Morgan fingerprint density at radius 1 is 1.05 bits per heavy atom. The molecule has 0 aliphatic carbocycles. The average Bonchev–Trinajstić information content (AvgIpc) is 1.89. The van der Waals surface area contributed by atoms with E-state index in [4.69, 9.17) is 9.84 Å². The Morgan fingerprint density at radius 2 is 1.53 bits per heavy atom. The molecule has 0 bridgehead atoms. The highest BCUT2D eigenvalue weighted by atomic mass is 16.6. The maximum atomic E-state index is 11.7. The van der Waals surface area contributed by atoms with Gasteiger partial charge in [-0.1, -0.05) is 13.8 Å². The Balaban J connectivity index is 4.55. The standard InChI is InChI=1S/C14H27NO4/c1-12(2,3)19-11(18)15-14(6,7)9-13(4,5)8-10(16)17/h8-9H2,1-7H3,(H,15,18)(H,16,17). The van der Waals surface area contributed by atoms with E-state index >= 15 is 0 Å². The summed E-state index contributed by atoms with van der Waals surface area (Å²) in [6, 6.07) is 0. The molecule has 0 heterocycles. The molecule has 0 aliphatic rings. The van der Waals surface area contributed by atoms with Gasteiger partial charge >= 0.3 is 12.1 Å². The minimum absolute atomic E-state index is 0.0619. The van der Waals surface area contributed by atoms with Gasteiger partial charge in [-0.15, -0.1) is 0 Å². The number of nitrogens with one attached hydrogen (secondary N) is 1. The monoisotopic (exact) mass is 273 g/mol. The largest absolute Gasteiger partial charge is 0.481 e. The van der Waals surface area contributed by atoms with Crippen molar-refractivity contribution < 1.29 is 19.4 Å². The Labute approximate surface area is 115 Å². The number of hydrogen-bond donors (Lipinski definition) is 2. The second-order valence-corrected chi connectivity index (χ2v) is 7.42. The van der Waals surface area contributed by atoms with Crippen molar-refractivity contribution in [1.82, 2.24) is 5.32 Å². The lowest BCUT2D eigenvalue weighted by molar-refractivity contribution is -0.139. The zero-order chi connectivity index (χ0) is 15.5. The second kappa shape index (κ2) is 5.80. The predicted octanol–water partition coefficient (Wildman–Crippen LogP) is 3.18. The highest BCUT2D eigenvalue weighted by molar-refractivity contribution is 5.69. The highest BCUT2D eigenvalue weighted by Gasteiger charge is 2.32. The first-order valence-electron chi connectivity index (χ1n) is 6.45. The zero-order valence-electron chi connectivity index (χ0n) is 13.1. The normalized spacial score (nSPS) is 13.0. The van der Waals surface area contributed by atoms with Gasteiger partial charge in [-0.25, -0.2) is 4.79 Å². The minimum Gasteiger partial charge on any atom is -0.481 e. The van der Waals surface area contributed by atoms with Crippen LogP contribution < -0.4 is 5.32 Å². The summed E-state index contributed by atoms with van der Waals surface area (Å²) in [5.74, 6) is -0.835. The van der Waals surface area contributed by atoms with Gasteiger partial charge in [0.25, 0.3) is 0 Å². The van der Waals surface area contributed by atoms with Gasteiger partial charge in [0, 0.05) is 5.54 Å². The van der Waals surface area contributed by atoms with Crippen LogP contribution in [0.5, 0.6) is 0 Å². The van der Waals surface area contributed by atoms with Gasteiger partial charge < -0.3 is 15.2 Å². The molecule has 2 N–H and O–H groups in total. The maximum absolute atomic E-state index is 11.7. The molecule has 5 heteroatoms. The molecule has 5 nitrogen and oxygen atoms in total. The molecule has 112 valence electrons. The predicted molar refractivity (Wildman–Crippen MR) is 74.1 cm³/mol. The SMILES string of the molecule is CC(C)(CC(=O)O)CC(C)(C)NC(=O)OC(C)(C)C. The molecule has 0 fully saturated rings. The first kappa shape index (κ1) is 17.7. The van der Waals surface area contributed by atoms with Crippen LogP contribution in [-0.2, 0) is 9.53 Å². The van der Waals surface area contributed by atoms with Crippen molar-refractivity contribution in [2.24, 2.45) is 5.41 Å². The first-order chi connectivity index (χ1) is 8.22. The maximum Gasteiger partial charge on any atom is 0.408 e. The second-order valence-electron chi connectivity index (χ2n) is 7.42. The summed E-state index contributed by atoms with van der Waals surface area (Å²) < 4.78 is 5.20. The van der Waals surface area contributed by atoms with Crippen molar-refractivity contribution in [2.75, 3.05) is 0 Å². The number of hydrogen-bond acceptors (Lipinski definition) is 3. The molecule has 0 unspecified atom stereocenters. The van der Waals surface area contributed by atoms with E-state index in [1.807, 2.05) is 27.7 Å². The Bertz CT molecular complexity index is 340. The summed E-state index contributed by atoms with van der Waals surface area (Å²) in [6.45, 7) is 12.9. The highest BCUT2D eigenvalue weighted by Crippen LogP contribution is 2.31. The van der Waals surface area contributed by atoms with E-state index in [1.54, 1.807) is 20.8 Å². The number of rotatable bonds is 5. The van der Waals surface area contributed by atoms with Gasteiger partial charge in [0.05, 0.1) is 6.42 Å². The fourth-order valence-corrected chi connectivity index (χ4v) is 2.29. The van der Waals surface area contributed by atoms with Gasteiger partial charge in [-0.3, -0.25) is 4.79 Å². The molecule has 0 saturated heterocycles. The number of carboxylic acids is 1. The summed E-state index contributed by atoms with van der Waals surface area (Å²) in [4.78, 5) is 22.5. The number of carbonyl (C=O) groups excluding carboxylic acids is 1. The minimum atomic E-state index is -0.835. The summed E-state index contributed by atoms with van der Waals surface area (Å²) in [7, 11) is 0. The first-order valence-corrected chi connectivity index (χ1v) is 6.45. The molecule has 0 radical (unpaired) electrons. The summed E-state index contributed by atoms with van der Waals surface area (Å²) in [6.07, 6.45) is 0.126. The molecule has 0 aromatic heterocycles. The molecule has 0 rings (SSSR count). The van der Waals surface area contributed by atoms with E-state index in [2.05, 4.69) is 5.32 Å². The molecule has 0 aromatic carbocycles. The van der Waals surface area contributed by atoms with Crippen LogP contribution in [0.2, 0.25) is 0 Å². The Hall–Kier alpha value is -1.26. The topological polar surface area (TPSA) is 75.6 Å². The summed E-state index contributed by atoms with van der Waals surface area (Å²) in [5, 5.41) is 11.7. The third-order valence-electron chi connectivity index (χ3n) is 2.39. The summed E-state index contributed by atoms with van der Waals surface area (Å²) >= 11 is 0. The van der Waals surface area contributed by atoms with Gasteiger partial charge in [0.15, 0.2) is 0 Å². The lowest BCUT2D eigenvalue weighted by atomic mass is 9.78. The lowest BCUT2D eigenvalue weighted by Gasteiger charge is -2.35. The van der Waals surface area contributed by atoms with Crippen molar-refractivity contribution in [1.29, 1.82) is 0 Å². The van der Waals surface area contributed by atoms with Gasteiger partial charge in [0.1, 0.15) is 5.60 Å². The van der Waals surface area contributed by atoms with Crippen LogP contribution in [-0.4, -0.2) is 28.3 Å². The van der Waals surface area contributed by atoms with Gasteiger partial charge in [0.2, 0.25) is 0 Å². The number of amides is 1. The Morgan fingerprint density at radius 3 is 1.89 bits per heavy atom. The molecular weight excluding hydrogens is 246 g/mol. The number of carbonyl (C=O) groups is 2. The third kappa shape index (κ3) is 9.33. The number of carboxylic acid groups (broad SMARTS) is 1. The van der Waals surface area contributed by atoms with E-state index in [1.165, 1.54) is 0 Å². The molecule has 0 aromatic rings. The van der Waals surface area contributed by atoms with E-state index in [0.717, 1.165) is 0 Å². The van der Waals surface area contributed by atoms with Crippen LogP contribution in [0.1, 0.15) is 61.3 Å². The van der Waals surface area contributed by atoms with Crippen molar-refractivity contribution in [3.05, 3.63) is 0 Å². The zero-order valence-corrected chi connectivity index (χ0v) is 13.1. The van der Waals surface area contributed by atoms with Crippen molar-refractivity contribution in [2.45, 2.75) is 72.4 Å². The number of aliphatic carboxylic acids is 1. The number of alkyl carbamates (subject to hydrolysis) is 1. The molecule has 0 saturated carbocycles. The fourth-order valence-electron chi connectivity index (χ4n) is 2.29. The van der Waals surface area contributed by atoms with Crippen LogP contribution in [0.4, 0.5) is 4.79 Å². The lowest BCUT2D eigenvalue weighted by Crippen LogP contribution is -2.48. The van der Waals surface area contributed by atoms with Crippen molar-refractivity contribution in [3.63, 3.8) is 0 Å². The Kier molecular flexibility index (Phi) is 5.42.